The summed E-state index contributed by atoms with van der Waals surface area (Å²) in [4.78, 5) is 0. The first-order valence-corrected chi connectivity index (χ1v) is 6.97. The van der Waals surface area contributed by atoms with Gasteiger partial charge in [-0.25, -0.2) is 39.5 Å². The summed E-state index contributed by atoms with van der Waals surface area (Å²) in [6.07, 6.45) is 0. The van der Waals surface area contributed by atoms with E-state index in [0.717, 1.165) is 22.6 Å². The highest BCUT2D eigenvalue weighted by Gasteiger charge is 2.31. The maximum atomic E-state index is 14.4. The Morgan fingerprint density at radius 2 is 0.583 bits per heavy atom. The van der Waals surface area contributed by atoms with E-state index in [4.69, 9.17) is 0 Å². The van der Waals surface area contributed by atoms with Crippen LogP contribution in [0.25, 0.3) is 21.5 Å². The maximum Gasteiger partial charge on any atom is 0.198 e. The molecule has 0 fully saturated rings. The lowest BCUT2D eigenvalue weighted by atomic mass is 10.00. The average molecular weight is 466 g/mol. The quantitative estimate of drug-likeness (QED) is 0.128. The van der Waals surface area contributed by atoms with E-state index in [1.165, 1.54) is 0 Å². The summed E-state index contributed by atoms with van der Waals surface area (Å²) in [7, 11) is 0. The Labute approximate surface area is 140 Å². The van der Waals surface area contributed by atoms with Crippen LogP contribution >= 0.6 is 22.6 Å². The van der Waals surface area contributed by atoms with Crippen LogP contribution < -0.4 is 0 Å². The molecule has 3 aromatic rings. The normalized spacial score (nSPS) is 11.8. The van der Waals surface area contributed by atoms with Gasteiger partial charge in [-0.2, -0.15) is 0 Å². The van der Waals surface area contributed by atoms with E-state index in [0.29, 0.717) is 0 Å². The Kier molecular flexibility index (Phi) is 3.85. The molecule has 126 valence electrons. The van der Waals surface area contributed by atoms with Gasteiger partial charge in [0, 0.05) is 14.3 Å². The number of fused-ring (bicyclic) bond motifs is 2. The standard InChI is InChI=1S/C14F9I/c15-5-1-3(8(18)12(22)10(20)6(1)16)14(24)4-2(5)7(17)11(21)13(23)9(4)19. The molecule has 0 spiro atoms. The summed E-state index contributed by atoms with van der Waals surface area (Å²) in [6.45, 7) is 0. The van der Waals surface area contributed by atoms with Gasteiger partial charge in [-0.1, -0.05) is 0 Å². The highest BCUT2D eigenvalue weighted by molar-refractivity contribution is 14.1. The molecule has 3 aromatic carbocycles. The summed E-state index contributed by atoms with van der Waals surface area (Å²) >= 11 is 1.04. The number of hydrogen-bond acceptors (Lipinski definition) is 0. The zero-order chi connectivity index (χ0) is 18.1. The molecule has 0 saturated heterocycles. The fourth-order valence-electron chi connectivity index (χ4n) is 2.34. The number of rotatable bonds is 0. The van der Waals surface area contributed by atoms with Crippen LogP contribution in [0.5, 0.6) is 0 Å². The average Bonchev–Trinajstić information content (AvgIpc) is 2.55. The predicted molar refractivity (Wildman–Crippen MR) is 73.8 cm³/mol. The lowest BCUT2D eigenvalue weighted by molar-refractivity contribution is 0.413. The molecule has 24 heavy (non-hydrogen) atoms. The molecule has 0 N–H and O–H groups in total. The third kappa shape index (κ3) is 1.94. The zero-order valence-electron chi connectivity index (χ0n) is 10.8. The van der Waals surface area contributed by atoms with Crippen molar-refractivity contribution >= 4 is 44.1 Å². The zero-order valence-corrected chi connectivity index (χ0v) is 12.9. The third-order valence-electron chi connectivity index (χ3n) is 3.41. The SMILES string of the molecule is Fc1c(F)c(F)c2c(I)c3c(F)c(F)c(F)c(F)c3c(F)c2c1F. The van der Waals surface area contributed by atoms with Crippen molar-refractivity contribution in [2.45, 2.75) is 0 Å². The van der Waals surface area contributed by atoms with E-state index in [1.807, 2.05) is 0 Å². The van der Waals surface area contributed by atoms with Crippen molar-refractivity contribution in [3.63, 3.8) is 0 Å². The van der Waals surface area contributed by atoms with E-state index in [-0.39, 0.29) is 0 Å². The summed E-state index contributed by atoms with van der Waals surface area (Å²) < 4.78 is 122. The molecule has 0 bridgehead atoms. The fourth-order valence-corrected chi connectivity index (χ4v) is 3.35. The van der Waals surface area contributed by atoms with Gasteiger partial charge in [0.15, 0.2) is 46.5 Å². The van der Waals surface area contributed by atoms with Gasteiger partial charge in [-0.3, -0.25) is 0 Å². The van der Waals surface area contributed by atoms with Crippen molar-refractivity contribution in [2.75, 3.05) is 0 Å². The topological polar surface area (TPSA) is 0 Å². The predicted octanol–water partition coefficient (Wildman–Crippen LogP) is 5.85. The molecule has 0 aliphatic carbocycles. The van der Waals surface area contributed by atoms with Crippen molar-refractivity contribution in [1.82, 2.24) is 0 Å². The Bertz CT molecular complexity index is 894. The van der Waals surface area contributed by atoms with Crippen molar-refractivity contribution < 1.29 is 39.5 Å². The van der Waals surface area contributed by atoms with Crippen LogP contribution in [0, 0.1) is 55.9 Å². The van der Waals surface area contributed by atoms with Crippen molar-refractivity contribution in [3.05, 3.63) is 55.9 Å². The van der Waals surface area contributed by atoms with Gasteiger partial charge in [-0.15, -0.1) is 0 Å². The molecular weight excluding hydrogens is 466 g/mol. The van der Waals surface area contributed by atoms with Gasteiger partial charge < -0.3 is 0 Å². The molecule has 0 aliphatic heterocycles. The minimum absolute atomic E-state index is 0.857. The van der Waals surface area contributed by atoms with Gasteiger partial charge >= 0.3 is 0 Å². The van der Waals surface area contributed by atoms with Crippen LogP contribution in [0.3, 0.4) is 0 Å². The Hall–Kier alpha value is -1.72. The van der Waals surface area contributed by atoms with Gasteiger partial charge in [-0.05, 0) is 22.6 Å². The molecule has 10 heteroatoms. The first-order valence-electron chi connectivity index (χ1n) is 5.89. The van der Waals surface area contributed by atoms with Crippen LogP contribution in [-0.2, 0) is 0 Å². The lowest BCUT2D eigenvalue weighted by Crippen LogP contribution is -2.06. The monoisotopic (exact) mass is 466 g/mol. The highest BCUT2D eigenvalue weighted by Crippen LogP contribution is 2.40. The van der Waals surface area contributed by atoms with Crippen LogP contribution in [0.1, 0.15) is 0 Å². The van der Waals surface area contributed by atoms with Gasteiger partial charge in [0.25, 0.3) is 0 Å². The molecule has 0 aromatic heterocycles. The highest BCUT2D eigenvalue weighted by atomic mass is 127. The summed E-state index contributed by atoms with van der Waals surface area (Å²) in [5, 5.41) is -5.62. The summed E-state index contributed by atoms with van der Waals surface area (Å²) in [6, 6.07) is 0. The van der Waals surface area contributed by atoms with Crippen molar-refractivity contribution in [2.24, 2.45) is 0 Å². The van der Waals surface area contributed by atoms with Crippen molar-refractivity contribution in [3.8, 4) is 0 Å². The first-order chi connectivity index (χ1) is 11.1. The first kappa shape index (κ1) is 17.1. The summed E-state index contributed by atoms with van der Waals surface area (Å²) in [5.74, 6) is -20.1. The minimum atomic E-state index is -2.39. The molecule has 0 amide bonds. The number of benzene rings is 3. The Morgan fingerprint density at radius 1 is 0.333 bits per heavy atom. The maximum absolute atomic E-state index is 14.4. The molecule has 0 radical (unpaired) electrons. The van der Waals surface area contributed by atoms with Crippen LogP contribution in [-0.4, -0.2) is 0 Å². The minimum Gasteiger partial charge on any atom is -0.205 e. The number of hydrogen-bond donors (Lipinski definition) is 0. The van der Waals surface area contributed by atoms with Crippen LogP contribution in [0.2, 0.25) is 0 Å². The van der Waals surface area contributed by atoms with Crippen LogP contribution in [0.15, 0.2) is 0 Å². The second-order valence-corrected chi connectivity index (χ2v) is 5.72. The van der Waals surface area contributed by atoms with E-state index in [1.54, 1.807) is 0 Å². The molecule has 0 nitrogen and oxygen atoms in total. The molecule has 0 heterocycles. The molecular formula is C14F9I. The lowest BCUT2D eigenvalue weighted by Gasteiger charge is -2.13. The molecule has 0 saturated carbocycles. The Morgan fingerprint density at radius 3 is 0.875 bits per heavy atom. The van der Waals surface area contributed by atoms with E-state index in [2.05, 4.69) is 0 Å². The van der Waals surface area contributed by atoms with E-state index in [9.17, 15) is 39.5 Å². The van der Waals surface area contributed by atoms with E-state index < -0.39 is 77.5 Å². The smallest absolute Gasteiger partial charge is 0.198 e. The molecule has 0 aliphatic rings. The van der Waals surface area contributed by atoms with Gasteiger partial charge in [0.05, 0.1) is 10.8 Å². The molecule has 0 atom stereocenters. The fraction of sp³-hybridized carbons (Fsp3) is 0. The van der Waals surface area contributed by atoms with Crippen LogP contribution in [0.4, 0.5) is 39.5 Å². The molecule has 0 unspecified atom stereocenters. The van der Waals surface area contributed by atoms with Gasteiger partial charge in [0.2, 0.25) is 0 Å². The van der Waals surface area contributed by atoms with E-state index >= 15 is 0 Å². The third-order valence-corrected chi connectivity index (χ3v) is 4.49. The summed E-state index contributed by atoms with van der Waals surface area (Å²) in [5.41, 5.74) is 0. The van der Waals surface area contributed by atoms with Gasteiger partial charge in [0.1, 0.15) is 5.82 Å². The second kappa shape index (κ2) is 5.39. The molecule has 3 rings (SSSR count). The Balaban J connectivity index is 2.82. The second-order valence-electron chi connectivity index (χ2n) is 4.64. The number of halogens is 10. The van der Waals surface area contributed by atoms with Crippen molar-refractivity contribution in [1.29, 1.82) is 0 Å². The largest absolute Gasteiger partial charge is 0.205 e.